The summed E-state index contributed by atoms with van der Waals surface area (Å²) in [5.74, 6) is -0.373. The van der Waals surface area contributed by atoms with E-state index < -0.39 is 6.04 Å². The van der Waals surface area contributed by atoms with Crippen LogP contribution in [0.25, 0.3) is 0 Å². The van der Waals surface area contributed by atoms with Crippen molar-refractivity contribution in [2.24, 2.45) is 5.73 Å². The average molecular weight is 355 g/mol. The maximum Gasteiger partial charge on any atom is 0.236 e. The summed E-state index contributed by atoms with van der Waals surface area (Å²) in [4.78, 5) is 25.9. The molecule has 6 nitrogen and oxygen atoms in total. The Morgan fingerprint density at radius 2 is 1.92 bits per heavy atom. The third kappa shape index (κ3) is 6.02. The molecule has 7 heteroatoms. The summed E-state index contributed by atoms with van der Waals surface area (Å²) in [7, 11) is 0. The second-order valence-electron chi connectivity index (χ2n) is 6.20. The van der Waals surface area contributed by atoms with Gasteiger partial charge in [0, 0.05) is 36.9 Å². The van der Waals surface area contributed by atoms with E-state index in [0.717, 1.165) is 24.5 Å². The monoisotopic (exact) mass is 354 g/mol. The Hall–Kier alpha value is -1.79. The molecule has 1 fully saturated rings. The van der Waals surface area contributed by atoms with Crippen molar-refractivity contribution in [2.75, 3.05) is 23.3 Å². The van der Waals surface area contributed by atoms with E-state index in [4.69, 9.17) is 5.73 Å². The molecule has 1 saturated heterocycles. The summed E-state index contributed by atoms with van der Waals surface area (Å²) in [6.45, 7) is 5.54. The molecule has 0 aliphatic carbocycles. The number of carbonyl (C=O) groups is 2. The van der Waals surface area contributed by atoms with Gasteiger partial charge in [-0.2, -0.15) is 0 Å². The zero-order valence-electron chi connectivity index (χ0n) is 14.2. The van der Waals surface area contributed by atoms with Gasteiger partial charge in [-0.15, -0.1) is 12.4 Å². The minimum atomic E-state index is -0.572. The van der Waals surface area contributed by atoms with Gasteiger partial charge < -0.3 is 21.3 Å². The normalized spacial score (nSPS) is 16.0. The number of nitrogens with zero attached hydrogens (tertiary/aromatic N) is 1. The van der Waals surface area contributed by atoms with Crippen molar-refractivity contribution in [1.82, 2.24) is 5.32 Å². The molecule has 1 aromatic carbocycles. The van der Waals surface area contributed by atoms with Crippen LogP contribution in [0.2, 0.25) is 0 Å². The van der Waals surface area contributed by atoms with Gasteiger partial charge in [0.2, 0.25) is 11.8 Å². The van der Waals surface area contributed by atoms with E-state index >= 15 is 0 Å². The highest BCUT2D eigenvalue weighted by Gasteiger charge is 2.15. The predicted molar refractivity (Wildman–Crippen MR) is 99.6 cm³/mol. The summed E-state index contributed by atoms with van der Waals surface area (Å²) < 4.78 is 0. The molecule has 1 aliphatic heterocycles. The second-order valence-corrected chi connectivity index (χ2v) is 6.20. The van der Waals surface area contributed by atoms with E-state index in [1.54, 1.807) is 13.8 Å². The minimum absolute atomic E-state index is 0. The fourth-order valence-corrected chi connectivity index (χ4v) is 2.67. The molecule has 0 radical (unpaired) electrons. The molecular formula is C17H27ClN4O2. The smallest absolute Gasteiger partial charge is 0.236 e. The van der Waals surface area contributed by atoms with Crippen LogP contribution in [0, 0.1) is 0 Å². The Kier molecular flexibility index (Phi) is 8.01. The van der Waals surface area contributed by atoms with E-state index in [0.29, 0.717) is 0 Å². The standard InChI is InChI=1S/C17H26N4O2.ClH/c1-12(19-17(23)13(2)18)10-16(22)20-14-6-5-7-15(11-14)21-8-3-4-9-21;/h5-7,11-13H,3-4,8-10,18H2,1-2H3,(H,19,23)(H,20,22);1H. The summed E-state index contributed by atoms with van der Waals surface area (Å²) in [6.07, 6.45) is 2.65. The fraction of sp³-hybridized carbons (Fsp3) is 0.529. The Bertz CT molecular complexity index is 559. The number of benzene rings is 1. The molecule has 2 unspecified atom stereocenters. The number of anilines is 2. The van der Waals surface area contributed by atoms with Gasteiger partial charge in [0.25, 0.3) is 0 Å². The number of rotatable bonds is 6. The Morgan fingerprint density at radius 1 is 1.25 bits per heavy atom. The first-order chi connectivity index (χ1) is 11.0. The first-order valence-electron chi connectivity index (χ1n) is 8.16. The molecule has 2 rings (SSSR count). The third-order valence-corrected chi connectivity index (χ3v) is 3.89. The number of nitrogens with one attached hydrogen (secondary N) is 2. The minimum Gasteiger partial charge on any atom is -0.371 e. The van der Waals surface area contributed by atoms with Gasteiger partial charge in [-0.1, -0.05) is 6.07 Å². The van der Waals surface area contributed by atoms with E-state index in [1.807, 2.05) is 18.2 Å². The van der Waals surface area contributed by atoms with Crippen molar-refractivity contribution in [3.05, 3.63) is 24.3 Å². The molecule has 0 spiro atoms. The maximum absolute atomic E-state index is 12.1. The summed E-state index contributed by atoms with van der Waals surface area (Å²) >= 11 is 0. The van der Waals surface area contributed by atoms with Gasteiger partial charge in [0.1, 0.15) is 0 Å². The number of carbonyl (C=O) groups excluding carboxylic acids is 2. The zero-order valence-corrected chi connectivity index (χ0v) is 15.1. The summed E-state index contributed by atoms with van der Waals surface area (Å²) in [5, 5.41) is 5.61. The highest BCUT2D eigenvalue weighted by Crippen LogP contribution is 2.23. The fourth-order valence-electron chi connectivity index (χ4n) is 2.67. The third-order valence-electron chi connectivity index (χ3n) is 3.89. The molecule has 1 heterocycles. The highest BCUT2D eigenvalue weighted by atomic mass is 35.5. The van der Waals surface area contributed by atoms with Crippen molar-refractivity contribution < 1.29 is 9.59 Å². The van der Waals surface area contributed by atoms with Gasteiger partial charge in [-0.05, 0) is 44.9 Å². The Balaban J connectivity index is 0.00000288. The van der Waals surface area contributed by atoms with Crippen LogP contribution in [0.3, 0.4) is 0 Å². The lowest BCUT2D eigenvalue weighted by Crippen LogP contribution is -2.43. The molecule has 4 N–H and O–H groups in total. The van der Waals surface area contributed by atoms with E-state index in [9.17, 15) is 9.59 Å². The molecular weight excluding hydrogens is 328 g/mol. The Morgan fingerprint density at radius 3 is 2.54 bits per heavy atom. The first kappa shape index (κ1) is 20.3. The first-order valence-corrected chi connectivity index (χ1v) is 8.16. The van der Waals surface area contributed by atoms with Crippen LogP contribution in [0.1, 0.15) is 33.1 Å². The van der Waals surface area contributed by atoms with Crippen molar-refractivity contribution in [3.63, 3.8) is 0 Å². The van der Waals surface area contributed by atoms with Gasteiger partial charge in [-0.25, -0.2) is 0 Å². The van der Waals surface area contributed by atoms with Gasteiger partial charge in [-0.3, -0.25) is 9.59 Å². The van der Waals surface area contributed by atoms with Crippen LogP contribution in [-0.4, -0.2) is 37.0 Å². The molecule has 2 amide bonds. The lowest BCUT2D eigenvalue weighted by atomic mass is 10.2. The van der Waals surface area contributed by atoms with Gasteiger partial charge in [0.15, 0.2) is 0 Å². The van der Waals surface area contributed by atoms with E-state index in [1.165, 1.54) is 12.8 Å². The zero-order chi connectivity index (χ0) is 16.8. The van der Waals surface area contributed by atoms with Crippen LogP contribution in [0.5, 0.6) is 0 Å². The quantitative estimate of drug-likeness (QED) is 0.728. The van der Waals surface area contributed by atoms with Crippen molar-refractivity contribution in [2.45, 2.75) is 45.2 Å². The molecule has 2 atom stereocenters. The van der Waals surface area contributed by atoms with Crippen molar-refractivity contribution >= 4 is 35.6 Å². The number of amides is 2. The molecule has 1 aromatic rings. The van der Waals surface area contributed by atoms with Crippen LogP contribution in [0.15, 0.2) is 24.3 Å². The van der Waals surface area contributed by atoms with Crippen LogP contribution < -0.4 is 21.3 Å². The Labute approximate surface area is 149 Å². The molecule has 0 aromatic heterocycles. The van der Waals surface area contributed by atoms with Crippen LogP contribution in [0.4, 0.5) is 11.4 Å². The van der Waals surface area contributed by atoms with E-state index in [2.05, 4.69) is 21.6 Å². The van der Waals surface area contributed by atoms with Crippen LogP contribution >= 0.6 is 12.4 Å². The van der Waals surface area contributed by atoms with Crippen molar-refractivity contribution in [3.8, 4) is 0 Å². The highest BCUT2D eigenvalue weighted by molar-refractivity contribution is 5.92. The number of nitrogens with two attached hydrogens (primary N) is 1. The van der Waals surface area contributed by atoms with Crippen LogP contribution in [-0.2, 0) is 9.59 Å². The molecule has 24 heavy (non-hydrogen) atoms. The average Bonchev–Trinajstić information content (AvgIpc) is 3.01. The number of hydrogen-bond acceptors (Lipinski definition) is 4. The summed E-state index contributed by atoms with van der Waals surface area (Å²) in [5.41, 5.74) is 7.42. The molecule has 0 bridgehead atoms. The SMILES string of the molecule is CC(CC(=O)Nc1cccc(N2CCCC2)c1)NC(=O)C(C)N.Cl. The molecule has 1 aliphatic rings. The topological polar surface area (TPSA) is 87.5 Å². The predicted octanol–water partition coefficient (Wildman–Crippen LogP) is 1.89. The van der Waals surface area contributed by atoms with Crippen molar-refractivity contribution in [1.29, 1.82) is 0 Å². The number of hydrogen-bond donors (Lipinski definition) is 3. The summed E-state index contributed by atoms with van der Waals surface area (Å²) in [6, 6.07) is 7.06. The molecule has 134 valence electrons. The molecule has 0 saturated carbocycles. The van der Waals surface area contributed by atoms with Gasteiger partial charge >= 0.3 is 0 Å². The maximum atomic E-state index is 12.1. The second kappa shape index (κ2) is 9.49. The lowest BCUT2D eigenvalue weighted by molar-refractivity contribution is -0.123. The largest absolute Gasteiger partial charge is 0.371 e. The number of halogens is 1. The lowest BCUT2D eigenvalue weighted by Gasteiger charge is -2.19. The van der Waals surface area contributed by atoms with E-state index in [-0.39, 0.29) is 36.7 Å². The van der Waals surface area contributed by atoms with Gasteiger partial charge in [0.05, 0.1) is 6.04 Å².